The third kappa shape index (κ3) is 9.97. The van der Waals surface area contributed by atoms with Gasteiger partial charge in [-0.3, -0.25) is 16.0 Å². The highest BCUT2D eigenvalue weighted by atomic mass is 15.4. The summed E-state index contributed by atoms with van der Waals surface area (Å²) >= 11 is 0. The quantitative estimate of drug-likeness (QED) is 0.253. The van der Waals surface area contributed by atoms with Crippen LogP contribution in [0.15, 0.2) is 0 Å². The molecule has 1 unspecified atom stereocenters. The molecule has 0 saturated carbocycles. The summed E-state index contributed by atoms with van der Waals surface area (Å²) in [6.45, 7) is 17.5. The summed E-state index contributed by atoms with van der Waals surface area (Å²) in [6, 6.07) is 1.21. The fourth-order valence-electron chi connectivity index (χ4n) is 3.50. The maximum Gasteiger partial charge on any atom is 0.139 e. The topological polar surface area (TPSA) is 48.1 Å². The lowest BCUT2D eigenvalue weighted by Crippen LogP contribution is -2.77. The zero-order valence-corrected chi connectivity index (χ0v) is 17.6. The van der Waals surface area contributed by atoms with Crippen LogP contribution in [0.1, 0.15) is 93.4 Å². The van der Waals surface area contributed by atoms with Crippen LogP contribution in [0.3, 0.4) is 0 Å². The molecular formula is C20H46N4. The van der Waals surface area contributed by atoms with Gasteiger partial charge in [0.25, 0.3) is 0 Å². The average Bonchev–Trinajstić information content (AvgIpc) is 2.48. The van der Waals surface area contributed by atoms with Crippen molar-refractivity contribution < 1.29 is 0 Å². The minimum atomic E-state index is -0.253. The Morgan fingerprint density at radius 2 is 1.25 bits per heavy atom. The molecule has 0 bridgehead atoms. The van der Waals surface area contributed by atoms with Gasteiger partial charge in [-0.2, -0.15) is 0 Å². The summed E-state index contributed by atoms with van der Waals surface area (Å²) in [6.07, 6.45) is 9.27. The number of nitrogens with one attached hydrogen (secondary N) is 4. The van der Waals surface area contributed by atoms with Crippen LogP contribution in [0.5, 0.6) is 0 Å². The van der Waals surface area contributed by atoms with Crippen molar-refractivity contribution in [3.8, 4) is 0 Å². The second-order valence-electron chi connectivity index (χ2n) is 7.60. The summed E-state index contributed by atoms with van der Waals surface area (Å²) in [5, 5.41) is 15.0. The molecule has 4 heteroatoms. The highest BCUT2D eigenvalue weighted by Crippen LogP contribution is 2.16. The van der Waals surface area contributed by atoms with Crippen LogP contribution < -0.4 is 21.3 Å². The fraction of sp³-hybridized carbons (Fsp3) is 1.00. The standard InChI is InChI=1S/C20H46N4/c1-8-11-12-13-14-15-16-19(21-9-2)20(22-10-3,23-17(4)5)24-18(6)7/h17-19,21-24H,8-16H2,1-7H3. The van der Waals surface area contributed by atoms with Crippen molar-refractivity contribution in [2.45, 2.75) is 117 Å². The van der Waals surface area contributed by atoms with Crippen molar-refractivity contribution in [1.82, 2.24) is 21.3 Å². The molecule has 0 aliphatic heterocycles. The molecule has 0 aliphatic rings. The van der Waals surface area contributed by atoms with Crippen LogP contribution >= 0.6 is 0 Å². The molecule has 0 radical (unpaired) electrons. The van der Waals surface area contributed by atoms with E-state index >= 15 is 0 Å². The Morgan fingerprint density at radius 3 is 1.71 bits per heavy atom. The molecule has 0 aromatic heterocycles. The maximum absolute atomic E-state index is 3.79. The Morgan fingerprint density at radius 1 is 0.708 bits per heavy atom. The van der Waals surface area contributed by atoms with E-state index in [2.05, 4.69) is 69.7 Å². The molecule has 0 spiro atoms. The van der Waals surface area contributed by atoms with Crippen LogP contribution in [0, 0.1) is 0 Å². The summed E-state index contributed by atoms with van der Waals surface area (Å²) in [5.41, 5.74) is 0. The Balaban J connectivity index is 4.92. The van der Waals surface area contributed by atoms with Gasteiger partial charge < -0.3 is 5.32 Å². The van der Waals surface area contributed by atoms with Crippen LogP contribution in [0.2, 0.25) is 0 Å². The molecule has 0 aromatic carbocycles. The number of rotatable bonds is 16. The minimum Gasteiger partial charge on any atom is -0.310 e. The van der Waals surface area contributed by atoms with Crippen LogP contribution in [0.4, 0.5) is 0 Å². The van der Waals surface area contributed by atoms with Gasteiger partial charge in [-0.1, -0.05) is 59.3 Å². The Bertz CT molecular complexity index is 269. The highest BCUT2D eigenvalue weighted by molar-refractivity contribution is 4.96. The van der Waals surface area contributed by atoms with Crippen molar-refractivity contribution in [2.75, 3.05) is 13.1 Å². The van der Waals surface area contributed by atoms with E-state index in [-0.39, 0.29) is 5.79 Å². The predicted octanol–water partition coefficient (Wildman–Crippen LogP) is 3.97. The first-order valence-corrected chi connectivity index (χ1v) is 10.5. The predicted molar refractivity (Wildman–Crippen MR) is 108 cm³/mol. The lowest BCUT2D eigenvalue weighted by Gasteiger charge is -2.46. The third-order valence-corrected chi connectivity index (χ3v) is 4.31. The molecule has 0 rings (SSSR count). The normalized spacial score (nSPS) is 13.9. The van der Waals surface area contributed by atoms with Crippen molar-refractivity contribution in [3.63, 3.8) is 0 Å². The molecule has 24 heavy (non-hydrogen) atoms. The van der Waals surface area contributed by atoms with Gasteiger partial charge in [0, 0.05) is 12.1 Å². The first-order chi connectivity index (χ1) is 11.4. The smallest absolute Gasteiger partial charge is 0.139 e. The van der Waals surface area contributed by atoms with E-state index in [0.717, 1.165) is 13.1 Å². The maximum atomic E-state index is 3.79. The van der Waals surface area contributed by atoms with Crippen molar-refractivity contribution >= 4 is 0 Å². The van der Waals surface area contributed by atoms with E-state index in [1.807, 2.05) is 0 Å². The van der Waals surface area contributed by atoms with E-state index in [1.54, 1.807) is 0 Å². The number of hydrogen-bond donors (Lipinski definition) is 4. The van der Waals surface area contributed by atoms with Crippen molar-refractivity contribution in [1.29, 1.82) is 0 Å². The van der Waals surface area contributed by atoms with Crippen molar-refractivity contribution in [3.05, 3.63) is 0 Å². The van der Waals surface area contributed by atoms with E-state index in [4.69, 9.17) is 0 Å². The molecule has 0 fully saturated rings. The minimum absolute atomic E-state index is 0.253. The van der Waals surface area contributed by atoms with Crippen LogP contribution in [-0.4, -0.2) is 37.0 Å². The Labute approximate surface area is 152 Å². The van der Waals surface area contributed by atoms with Gasteiger partial charge in [0.15, 0.2) is 0 Å². The zero-order valence-electron chi connectivity index (χ0n) is 17.6. The van der Waals surface area contributed by atoms with Gasteiger partial charge in [-0.15, -0.1) is 0 Å². The molecule has 0 amide bonds. The zero-order chi connectivity index (χ0) is 18.4. The van der Waals surface area contributed by atoms with Crippen LogP contribution in [0.25, 0.3) is 0 Å². The molecular weight excluding hydrogens is 296 g/mol. The van der Waals surface area contributed by atoms with Gasteiger partial charge in [-0.05, 0) is 47.2 Å². The van der Waals surface area contributed by atoms with Crippen molar-refractivity contribution in [2.24, 2.45) is 0 Å². The Kier molecular flexibility index (Phi) is 14.0. The molecule has 0 heterocycles. The van der Waals surface area contributed by atoms with E-state index < -0.39 is 0 Å². The second kappa shape index (κ2) is 14.1. The number of hydrogen-bond acceptors (Lipinski definition) is 4. The molecule has 0 aliphatic carbocycles. The SMILES string of the molecule is CCCCCCCCC(NCC)C(NCC)(NC(C)C)NC(C)C. The molecule has 1 atom stereocenters. The summed E-state index contributed by atoms with van der Waals surface area (Å²) in [5.74, 6) is -0.253. The first-order valence-electron chi connectivity index (χ1n) is 10.5. The van der Waals surface area contributed by atoms with Gasteiger partial charge in [0.2, 0.25) is 0 Å². The summed E-state index contributed by atoms with van der Waals surface area (Å²) < 4.78 is 0. The van der Waals surface area contributed by atoms with Gasteiger partial charge in [0.1, 0.15) is 5.79 Å². The highest BCUT2D eigenvalue weighted by Gasteiger charge is 2.38. The third-order valence-electron chi connectivity index (χ3n) is 4.31. The molecule has 4 nitrogen and oxygen atoms in total. The lowest BCUT2D eigenvalue weighted by molar-refractivity contribution is 0.108. The Hall–Kier alpha value is -0.160. The van der Waals surface area contributed by atoms with E-state index in [0.29, 0.717) is 18.1 Å². The lowest BCUT2D eigenvalue weighted by atomic mass is 9.98. The monoisotopic (exact) mass is 342 g/mol. The van der Waals surface area contributed by atoms with Gasteiger partial charge in [-0.25, -0.2) is 0 Å². The van der Waals surface area contributed by atoms with E-state index in [1.165, 1.54) is 44.9 Å². The van der Waals surface area contributed by atoms with Gasteiger partial charge in [0.05, 0.1) is 6.04 Å². The number of unbranched alkanes of at least 4 members (excludes halogenated alkanes) is 5. The molecule has 4 N–H and O–H groups in total. The van der Waals surface area contributed by atoms with Crippen LogP contribution in [-0.2, 0) is 0 Å². The molecule has 146 valence electrons. The summed E-state index contributed by atoms with van der Waals surface area (Å²) in [7, 11) is 0. The second-order valence-corrected chi connectivity index (χ2v) is 7.60. The molecule has 0 aromatic rings. The average molecular weight is 343 g/mol. The largest absolute Gasteiger partial charge is 0.310 e. The first kappa shape index (κ1) is 23.8. The van der Waals surface area contributed by atoms with E-state index in [9.17, 15) is 0 Å². The summed E-state index contributed by atoms with van der Waals surface area (Å²) in [4.78, 5) is 0. The molecule has 0 saturated heterocycles. The number of likely N-dealkylation sites (N-methyl/N-ethyl adjacent to an activating group) is 2. The van der Waals surface area contributed by atoms with Gasteiger partial charge >= 0.3 is 0 Å². The fourth-order valence-corrected chi connectivity index (χ4v) is 3.50.